The van der Waals surface area contributed by atoms with E-state index in [0.717, 1.165) is 41.3 Å². The molecule has 0 bridgehead atoms. The Bertz CT molecular complexity index is 621. The fraction of sp³-hybridized carbons (Fsp3) is 0.375. The summed E-state index contributed by atoms with van der Waals surface area (Å²) >= 11 is 3.44. The molecule has 1 aromatic carbocycles. The lowest BCUT2D eigenvalue weighted by atomic mass is 9.79. The first-order valence-corrected chi connectivity index (χ1v) is 7.96. The number of halogens is 1. The molecule has 0 radical (unpaired) electrons. The van der Waals surface area contributed by atoms with Gasteiger partial charge in [0.1, 0.15) is 18.3 Å². The summed E-state index contributed by atoms with van der Waals surface area (Å²) in [5.74, 6) is 0. The zero-order chi connectivity index (χ0) is 14.7. The van der Waals surface area contributed by atoms with Crippen LogP contribution in [-0.2, 0) is 6.54 Å². The van der Waals surface area contributed by atoms with Crippen molar-refractivity contribution in [3.05, 3.63) is 52.5 Å². The van der Waals surface area contributed by atoms with Gasteiger partial charge in [-0.15, -0.1) is 0 Å². The van der Waals surface area contributed by atoms with Crippen molar-refractivity contribution in [2.24, 2.45) is 0 Å². The Balaban J connectivity index is 1.88. The Morgan fingerprint density at radius 1 is 1.29 bits per heavy atom. The molecule has 21 heavy (non-hydrogen) atoms. The molecule has 5 heteroatoms. The van der Waals surface area contributed by atoms with Crippen LogP contribution >= 0.6 is 15.9 Å². The van der Waals surface area contributed by atoms with Crippen molar-refractivity contribution >= 4 is 22.0 Å². The number of hydrogen-bond acceptors (Lipinski definition) is 3. The van der Waals surface area contributed by atoms with Gasteiger partial charge >= 0.3 is 0 Å². The first-order chi connectivity index (χ1) is 10.2. The van der Waals surface area contributed by atoms with Gasteiger partial charge in [-0.1, -0.05) is 34.1 Å². The molecular formula is C16H18BrN3O. The third kappa shape index (κ3) is 3.41. The molecule has 2 aromatic rings. The van der Waals surface area contributed by atoms with E-state index in [-0.39, 0.29) is 0 Å². The number of rotatable bonds is 3. The Kier molecular flexibility index (Phi) is 4.22. The highest BCUT2D eigenvalue weighted by molar-refractivity contribution is 9.10. The lowest BCUT2D eigenvalue weighted by molar-refractivity contribution is 0.0323. The van der Waals surface area contributed by atoms with Crippen LogP contribution in [0.1, 0.15) is 31.2 Å². The van der Waals surface area contributed by atoms with Crippen molar-refractivity contribution in [1.82, 2.24) is 14.8 Å². The van der Waals surface area contributed by atoms with Crippen LogP contribution in [0.15, 0.2) is 47.0 Å². The van der Waals surface area contributed by atoms with Gasteiger partial charge in [-0.3, -0.25) is 0 Å². The lowest BCUT2D eigenvalue weighted by Crippen LogP contribution is -2.38. The van der Waals surface area contributed by atoms with Crippen LogP contribution < -0.4 is 0 Å². The van der Waals surface area contributed by atoms with Crippen molar-refractivity contribution in [3.63, 3.8) is 0 Å². The third-order valence-electron chi connectivity index (χ3n) is 3.99. The van der Waals surface area contributed by atoms with E-state index >= 15 is 0 Å². The molecule has 3 rings (SSSR count). The summed E-state index contributed by atoms with van der Waals surface area (Å²) in [6, 6.07) is 8.15. The van der Waals surface area contributed by atoms with E-state index in [1.165, 1.54) is 6.33 Å². The fourth-order valence-electron chi connectivity index (χ4n) is 2.86. The average Bonchev–Trinajstić information content (AvgIpc) is 2.96. The highest BCUT2D eigenvalue weighted by Crippen LogP contribution is 2.35. The quantitative estimate of drug-likeness (QED) is 0.925. The second-order valence-electron chi connectivity index (χ2n) is 5.55. The fourth-order valence-corrected chi connectivity index (χ4v) is 3.12. The second-order valence-corrected chi connectivity index (χ2v) is 6.47. The number of nitrogens with zero attached hydrogens (tertiary/aromatic N) is 3. The highest BCUT2D eigenvalue weighted by atomic mass is 79.9. The van der Waals surface area contributed by atoms with E-state index in [9.17, 15) is 5.11 Å². The first-order valence-electron chi connectivity index (χ1n) is 7.17. The van der Waals surface area contributed by atoms with Crippen LogP contribution in [0.5, 0.6) is 0 Å². The van der Waals surface area contributed by atoms with Crippen LogP contribution in [0.2, 0.25) is 0 Å². The van der Waals surface area contributed by atoms with Gasteiger partial charge in [0, 0.05) is 4.47 Å². The predicted molar refractivity (Wildman–Crippen MR) is 85.6 cm³/mol. The molecule has 1 N–H and O–H groups in total. The molecule has 4 nitrogen and oxygen atoms in total. The van der Waals surface area contributed by atoms with E-state index in [2.05, 4.69) is 44.2 Å². The molecule has 1 saturated carbocycles. The summed E-state index contributed by atoms with van der Waals surface area (Å²) in [5, 5.41) is 15.2. The standard InChI is InChI=1S/C16H18BrN3O/c17-15-6-4-13(5-7-15)9-14-3-1-2-8-16(14,21)10-20-12-18-11-19-20/h4-7,9,11-12,21H,1-3,8,10H2/b14-9+. The minimum Gasteiger partial charge on any atom is -0.384 e. The molecule has 1 aliphatic rings. The Labute approximate surface area is 132 Å². The van der Waals surface area contributed by atoms with Crippen molar-refractivity contribution in [1.29, 1.82) is 0 Å². The summed E-state index contributed by atoms with van der Waals surface area (Å²) in [7, 11) is 0. The van der Waals surface area contributed by atoms with E-state index in [0.29, 0.717) is 6.54 Å². The van der Waals surface area contributed by atoms with Crippen molar-refractivity contribution in [2.45, 2.75) is 37.8 Å². The van der Waals surface area contributed by atoms with Crippen molar-refractivity contribution in [2.75, 3.05) is 0 Å². The smallest absolute Gasteiger partial charge is 0.137 e. The van der Waals surface area contributed by atoms with Crippen molar-refractivity contribution < 1.29 is 5.11 Å². The number of aliphatic hydroxyl groups is 1. The minimum absolute atomic E-state index is 0.468. The Morgan fingerprint density at radius 3 is 2.81 bits per heavy atom. The Morgan fingerprint density at radius 2 is 2.10 bits per heavy atom. The molecule has 1 aromatic heterocycles. The summed E-state index contributed by atoms with van der Waals surface area (Å²) in [6.07, 6.45) is 9.15. The van der Waals surface area contributed by atoms with E-state index in [1.54, 1.807) is 11.0 Å². The molecule has 110 valence electrons. The zero-order valence-electron chi connectivity index (χ0n) is 11.7. The Hall–Kier alpha value is -1.46. The maximum atomic E-state index is 11.1. The summed E-state index contributed by atoms with van der Waals surface area (Å²) in [6.45, 7) is 0.468. The third-order valence-corrected chi connectivity index (χ3v) is 4.51. The van der Waals surface area contributed by atoms with Gasteiger partial charge in [0.25, 0.3) is 0 Å². The first kappa shape index (κ1) is 14.5. The van der Waals surface area contributed by atoms with Crippen LogP contribution in [0, 0.1) is 0 Å². The summed E-state index contributed by atoms with van der Waals surface area (Å²) in [5.41, 5.74) is 1.39. The molecule has 1 atom stereocenters. The summed E-state index contributed by atoms with van der Waals surface area (Å²) in [4.78, 5) is 3.95. The van der Waals surface area contributed by atoms with Gasteiger partial charge in [0.15, 0.2) is 0 Å². The van der Waals surface area contributed by atoms with Gasteiger partial charge in [0.05, 0.1) is 6.54 Å². The normalized spacial score (nSPS) is 24.4. The largest absolute Gasteiger partial charge is 0.384 e. The number of aromatic nitrogens is 3. The van der Waals surface area contributed by atoms with E-state index in [4.69, 9.17) is 0 Å². The van der Waals surface area contributed by atoms with Gasteiger partial charge in [-0.25, -0.2) is 9.67 Å². The molecule has 1 aliphatic carbocycles. The SMILES string of the molecule is OC1(Cn2cncn2)CCCC/C1=C\c1ccc(Br)cc1. The zero-order valence-corrected chi connectivity index (χ0v) is 13.3. The molecular weight excluding hydrogens is 330 g/mol. The van der Waals surface area contributed by atoms with Gasteiger partial charge in [0.2, 0.25) is 0 Å². The van der Waals surface area contributed by atoms with E-state index in [1.807, 2.05) is 12.1 Å². The molecule has 1 fully saturated rings. The van der Waals surface area contributed by atoms with Gasteiger partial charge < -0.3 is 5.11 Å². The second kappa shape index (κ2) is 6.12. The minimum atomic E-state index is -0.820. The predicted octanol–water partition coefficient (Wildman–Crippen LogP) is 3.43. The van der Waals surface area contributed by atoms with Crippen LogP contribution in [-0.4, -0.2) is 25.5 Å². The average molecular weight is 348 g/mol. The maximum Gasteiger partial charge on any atom is 0.137 e. The van der Waals surface area contributed by atoms with Crippen LogP contribution in [0.25, 0.3) is 6.08 Å². The molecule has 0 spiro atoms. The van der Waals surface area contributed by atoms with Crippen LogP contribution in [0.3, 0.4) is 0 Å². The van der Waals surface area contributed by atoms with Gasteiger partial charge in [-0.2, -0.15) is 5.10 Å². The highest BCUT2D eigenvalue weighted by Gasteiger charge is 2.34. The summed E-state index contributed by atoms with van der Waals surface area (Å²) < 4.78 is 2.77. The molecule has 0 saturated heterocycles. The number of hydrogen-bond donors (Lipinski definition) is 1. The topological polar surface area (TPSA) is 50.9 Å². The molecule has 0 amide bonds. The lowest BCUT2D eigenvalue weighted by Gasteiger charge is -2.35. The van der Waals surface area contributed by atoms with Crippen molar-refractivity contribution in [3.8, 4) is 0 Å². The van der Waals surface area contributed by atoms with Gasteiger partial charge in [-0.05, 0) is 49.0 Å². The van der Waals surface area contributed by atoms with Crippen LogP contribution in [0.4, 0.5) is 0 Å². The molecule has 1 unspecified atom stereocenters. The molecule has 1 heterocycles. The van der Waals surface area contributed by atoms with E-state index < -0.39 is 5.60 Å². The maximum absolute atomic E-state index is 11.1. The monoisotopic (exact) mass is 347 g/mol. The molecule has 0 aliphatic heterocycles. The number of benzene rings is 1.